The third kappa shape index (κ3) is 4.04. The molecule has 1 aromatic rings. The Labute approximate surface area is 174 Å². The zero-order chi connectivity index (χ0) is 20.8. The predicted octanol–water partition coefficient (Wildman–Crippen LogP) is 1.80. The van der Waals surface area contributed by atoms with Crippen LogP contribution in [0, 0.1) is 11.3 Å². The maximum Gasteiger partial charge on any atom is 0.317 e. The molecule has 8 heteroatoms. The van der Waals surface area contributed by atoms with E-state index in [2.05, 4.69) is 53.2 Å². The normalized spacial score (nSPS) is 28.2. The molecule has 4 saturated heterocycles. The zero-order valence-corrected chi connectivity index (χ0v) is 18.4. The van der Waals surface area contributed by atoms with E-state index in [-0.39, 0.29) is 29.0 Å². The number of carbonyl (C=O) groups is 1. The molecule has 2 atom stereocenters. The van der Waals surface area contributed by atoms with Crippen molar-refractivity contribution in [3.8, 4) is 0 Å². The first kappa shape index (κ1) is 20.3. The molecule has 0 saturated carbocycles. The Bertz CT molecular complexity index is 854. The third-order valence-corrected chi connectivity index (χ3v) is 8.42. The van der Waals surface area contributed by atoms with Crippen molar-refractivity contribution in [2.45, 2.75) is 26.3 Å². The van der Waals surface area contributed by atoms with E-state index in [1.54, 1.807) is 7.05 Å². The highest BCUT2D eigenvalue weighted by Gasteiger charge is 2.46. The van der Waals surface area contributed by atoms with Crippen LogP contribution in [0.4, 0.5) is 16.2 Å². The molecule has 1 aromatic carbocycles. The molecular formula is C21H32N4O3S. The molecule has 29 heavy (non-hydrogen) atoms. The smallest absolute Gasteiger partial charge is 0.317 e. The highest BCUT2D eigenvalue weighted by Crippen LogP contribution is 2.43. The molecule has 4 aliphatic heterocycles. The van der Waals surface area contributed by atoms with Gasteiger partial charge in [-0.05, 0) is 42.0 Å². The molecule has 2 bridgehead atoms. The number of hydrogen-bond donors (Lipinski definition) is 1. The van der Waals surface area contributed by atoms with Gasteiger partial charge in [-0.3, -0.25) is 0 Å². The number of amides is 2. The molecule has 4 aliphatic rings. The molecule has 7 nitrogen and oxygen atoms in total. The van der Waals surface area contributed by atoms with E-state index >= 15 is 0 Å². The second-order valence-electron chi connectivity index (χ2n) is 9.34. The van der Waals surface area contributed by atoms with Crippen LogP contribution in [0.25, 0.3) is 0 Å². The molecule has 0 aliphatic carbocycles. The number of rotatable bonds is 2. The minimum absolute atomic E-state index is 0.00921. The Balaban J connectivity index is 1.54. The molecule has 5 rings (SSSR count). The van der Waals surface area contributed by atoms with Gasteiger partial charge in [0.1, 0.15) is 0 Å². The highest BCUT2D eigenvalue weighted by molar-refractivity contribution is 7.91. The summed E-state index contributed by atoms with van der Waals surface area (Å²) < 4.78 is 23.4. The van der Waals surface area contributed by atoms with E-state index < -0.39 is 9.84 Å². The van der Waals surface area contributed by atoms with Gasteiger partial charge in [0.05, 0.1) is 17.5 Å². The second kappa shape index (κ2) is 7.38. The lowest BCUT2D eigenvalue weighted by atomic mass is 9.73. The van der Waals surface area contributed by atoms with Crippen LogP contribution in [0.1, 0.15) is 20.3 Å². The van der Waals surface area contributed by atoms with E-state index in [4.69, 9.17) is 0 Å². The fraction of sp³-hybridized carbons (Fsp3) is 0.667. The summed E-state index contributed by atoms with van der Waals surface area (Å²) in [6.07, 6.45) is 1.13. The number of benzene rings is 1. The number of fused-ring (bicyclic) bond motifs is 4. The van der Waals surface area contributed by atoms with Crippen molar-refractivity contribution in [3.05, 3.63) is 24.3 Å². The summed E-state index contributed by atoms with van der Waals surface area (Å²) in [6.45, 7) is 8.24. The Morgan fingerprint density at radius 3 is 2.28 bits per heavy atom. The SMILES string of the molecule is CNC(=O)N1C[C@@H]2CN(c3ccc(N4CCS(=O)(=O)CC4)cc3)[C@H](C1)C(C)(C)C2. The van der Waals surface area contributed by atoms with Crippen LogP contribution < -0.4 is 15.1 Å². The van der Waals surface area contributed by atoms with Crippen LogP contribution in [0.15, 0.2) is 24.3 Å². The van der Waals surface area contributed by atoms with Crippen LogP contribution in [-0.4, -0.2) is 76.7 Å². The van der Waals surface area contributed by atoms with Crippen molar-refractivity contribution in [1.82, 2.24) is 10.2 Å². The van der Waals surface area contributed by atoms with Crippen molar-refractivity contribution < 1.29 is 13.2 Å². The van der Waals surface area contributed by atoms with E-state index in [1.165, 1.54) is 5.69 Å². The van der Waals surface area contributed by atoms with E-state index in [1.807, 2.05) is 4.90 Å². The van der Waals surface area contributed by atoms with Gasteiger partial charge < -0.3 is 20.0 Å². The van der Waals surface area contributed by atoms with Crippen LogP contribution >= 0.6 is 0 Å². The van der Waals surface area contributed by atoms with Gasteiger partial charge in [-0.15, -0.1) is 0 Å². The molecule has 4 heterocycles. The van der Waals surface area contributed by atoms with Crippen molar-refractivity contribution in [2.75, 3.05) is 61.1 Å². The second-order valence-corrected chi connectivity index (χ2v) is 11.6. The first-order valence-electron chi connectivity index (χ1n) is 10.5. The lowest BCUT2D eigenvalue weighted by Gasteiger charge is -2.48. The molecule has 0 aromatic heterocycles. The van der Waals surface area contributed by atoms with Gasteiger partial charge in [0, 0.05) is 51.1 Å². The van der Waals surface area contributed by atoms with Gasteiger partial charge in [0.2, 0.25) is 0 Å². The lowest BCUT2D eigenvalue weighted by molar-refractivity contribution is 0.188. The summed E-state index contributed by atoms with van der Waals surface area (Å²) in [5.74, 6) is 0.912. The van der Waals surface area contributed by atoms with E-state index in [0.29, 0.717) is 19.0 Å². The maximum atomic E-state index is 12.3. The van der Waals surface area contributed by atoms with Crippen molar-refractivity contribution in [3.63, 3.8) is 0 Å². The van der Waals surface area contributed by atoms with Gasteiger partial charge in [0.25, 0.3) is 0 Å². The van der Waals surface area contributed by atoms with Crippen LogP contribution in [0.3, 0.4) is 0 Å². The largest absolute Gasteiger partial charge is 0.369 e. The third-order valence-electron chi connectivity index (χ3n) is 6.81. The van der Waals surface area contributed by atoms with E-state index in [9.17, 15) is 13.2 Å². The average molecular weight is 421 g/mol. The summed E-state index contributed by atoms with van der Waals surface area (Å²) in [6, 6.07) is 8.79. The fourth-order valence-electron chi connectivity index (χ4n) is 5.27. The predicted molar refractivity (Wildman–Crippen MR) is 116 cm³/mol. The number of hydrogen-bond acceptors (Lipinski definition) is 5. The maximum absolute atomic E-state index is 12.3. The Morgan fingerprint density at radius 1 is 1.03 bits per heavy atom. The molecule has 0 spiro atoms. The molecular weight excluding hydrogens is 388 g/mol. The highest BCUT2D eigenvalue weighted by atomic mass is 32.2. The number of piperidine rings is 1. The average Bonchev–Trinajstić information content (AvgIpc) is 2.94. The quantitative estimate of drug-likeness (QED) is 0.790. The van der Waals surface area contributed by atoms with Crippen molar-refractivity contribution >= 4 is 27.2 Å². The Hall–Kier alpha value is -1.96. The van der Waals surface area contributed by atoms with Gasteiger partial charge in [-0.2, -0.15) is 0 Å². The van der Waals surface area contributed by atoms with Crippen LogP contribution in [0.5, 0.6) is 0 Å². The number of nitrogens with zero attached hydrogens (tertiary/aromatic N) is 3. The number of nitrogens with one attached hydrogen (secondary N) is 1. The Morgan fingerprint density at radius 2 is 1.66 bits per heavy atom. The fourth-order valence-corrected chi connectivity index (χ4v) is 6.47. The number of anilines is 2. The van der Waals surface area contributed by atoms with E-state index in [0.717, 1.165) is 31.7 Å². The summed E-state index contributed by atoms with van der Waals surface area (Å²) in [5.41, 5.74) is 2.39. The minimum atomic E-state index is -2.87. The molecule has 0 unspecified atom stereocenters. The van der Waals surface area contributed by atoms with Crippen LogP contribution in [-0.2, 0) is 9.84 Å². The van der Waals surface area contributed by atoms with Gasteiger partial charge in [-0.1, -0.05) is 13.8 Å². The summed E-state index contributed by atoms with van der Waals surface area (Å²) >= 11 is 0. The van der Waals surface area contributed by atoms with Crippen molar-refractivity contribution in [1.29, 1.82) is 0 Å². The first-order valence-corrected chi connectivity index (χ1v) is 12.3. The number of sulfone groups is 1. The topological polar surface area (TPSA) is 73.0 Å². The Kier molecular flexibility index (Phi) is 5.17. The standard InChI is InChI=1S/C21H32N4O3S/c1-21(2)12-16-13-24(20(26)22-3)15-19(21)25(14-16)18-6-4-17(5-7-18)23-8-10-29(27,28)11-9-23/h4-7,16,19H,8-15H2,1-3H3,(H,22,26)/t16-,19-/m1/s1. The van der Waals surface area contributed by atoms with Crippen molar-refractivity contribution in [2.24, 2.45) is 11.3 Å². The summed E-state index contributed by atoms with van der Waals surface area (Å²) in [7, 11) is -1.18. The monoisotopic (exact) mass is 420 g/mol. The summed E-state index contributed by atoms with van der Waals surface area (Å²) in [5, 5.41) is 2.78. The van der Waals surface area contributed by atoms with Gasteiger partial charge >= 0.3 is 6.03 Å². The number of carbonyl (C=O) groups excluding carboxylic acids is 1. The minimum Gasteiger partial charge on any atom is -0.369 e. The van der Waals surface area contributed by atoms with Gasteiger partial charge in [0.15, 0.2) is 9.84 Å². The number of urea groups is 1. The molecule has 0 radical (unpaired) electrons. The lowest BCUT2D eigenvalue weighted by Crippen LogP contribution is -2.54. The molecule has 2 amide bonds. The molecule has 1 N–H and O–H groups in total. The summed E-state index contributed by atoms with van der Waals surface area (Å²) in [4.78, 5) is 18.9. The first-order chi connectivity index (χ1) is 13.7. The molecule has 4 fully saturated rings. The zero-order valence-electron chi connectivity index (χ0n) is 17.6. The van der Waals surface area contributed by atoms with Gasteiger partial charge in [-0.25, -0.2) is 13.2 Å². The molecule has 160 valence electrons. The van der Waals surface area contributed by atoms with Crippen LogP contribution in [0.2, 0.25) is 0 Å².